The summed E-state index contributed by atoms with van der Waals surface area (Å²) in [6.45, 7) is 1.10. The van der Waals surface area contributed by atoms with Crippen molar-refractivity contribution in [3.05, 3.63) is 28.3 Å². The van der Waals surface area contributed by atoms with Gasteiger partial charge in [0.05, 0.1) is 19.3 Å². The van der Waals surface area contributed by atoms with Crippen LogP contribution in [0.4, 0.5) is 0 Å². The topological polar surface area (TPSA) is 180 Å². The second-order valence-corrected chi connectivity index (χ2v) is 8.16. The van der Waals surface area contributed by atoms with Crippen molar-refractivity contribution in [3.63, 3.8) is 0 Å². The first kappa shape index (κ1) is 24.4. The molecule has 2 aliphatic rings. The van der Waals surface area contributed by atoms with E-state index in [1.54, 1.807) is 19.1 Å². The third-order valence-electron chi connectivity index (χ3n) is 5.75. The van der Waals surface area contributed by atoms with E-state index in [-0.39, 0.29) is 23.6 Å². The van der Waals surface area contributed by atoms with Crippen molar-refractivity contribution in [2.45, 2.75) is 50.3 Å². The minimum Gasteiger partial charge on any atom is -0.504 e. The van der Waals surface area contributed by atoms with Crippen molar-refractivity contribution in [2.75, 3.05) is 13.2 Å². The number of phenols is 4. The highest BCUT2D eigenvalue weighted by Crippen LogP contribution is 2.52. The summed E-state index contributed by atoms with van der Waals surface area (Å²) in [5, 5.41) is 81.2. The normalized spacial score (nSPS) is 30.6. The number of hydrogen-bond donors (Lipinski definition) is 8. The second kappa shape index (κ2) is 9.74. The van der Waals surface area contributed by atoms with E-state index in [2.05, 4.69) is 0 Å². The van der Waals surface area contributed by atoms with Gasteiger partial charge in [0.2, 0.25) is 17.2 Å². The molecule has 11 heteroatoms. The Bertz CT molecular complexity index is 883. The van der Waals surface area contributed by atoms with Gasteiger partial charge < -0.3 is 50.3 Å². The quantitative estimate of drug-likeness (QED) is 0.212. The Balaban J connectivity index is 1.93. The molecule has 8 N–H and O–H groups in total. The fourth-order valence-corrected chi connectivity index (χ4v) is 4.22. The number of aliphatic hydroxyl groups excluding tert-OH is 4. The second-order valence-electron chi connectivity index (χ2n) is 7.75. The van der Waals surface area contributed by atoms with Crippen LogP contribution in [0.1, 0.15) is 18.9 Å². The summed E-state index contributed by atoms with van der Waals surface area (Å²) < 4.78 is 10.7. The molecule has 1 heterocycles. The molecule has 32 heavy (non-hydrogen) atoms. The zero-order chi connectivity index (χ0) is 23.7. The van der Waals surface area contributed by atoms with Crippen molar-refractivity contribution in [1.29, 1.82) is 0 Å². The van der Waals surface area contributed by atoms with Gasteiger partial charge in [-0.1, -0.05) is 23.8 Å². The van der Waals surface area contributed by atoms with Crippen LogP contribution < -0.4 is 4.74 Å². The number of ether oxygens (including phenoxy) is 2. The molecule has 0 spiro atoms. The van der Waals surface area contributed by atoms with E-state index in [0.29, 0.717) is 12.0 Å². The largest absolute Gasteiger partial charge is 0.504 e. The Morgan fingerprint density at radius 1 is 1.00 bits per heavy atom. The van der Waals surface area contributed by atoms with Crippen LogP contribution in [-0.2, 0) is 11.2 Å². The lowest BCUT2D eigenvalue weighted by molar-refractivity contribution is -0.237. The van der Waals surface area contributed by atoms with Crippen molar-refractivity contribution in [1.82, 2.24) is 0 Å². The van der Waals surface area contributed by atoms with Crippen LogP contribution in [0.2, 0.25) is 0 Å². The smallest absolute Gasteiger partial charge is 0.211 e. The highest BCUT2D eigenvalue weighted by atomic mass is 35.5. The van der Waals surface area contributed by atoms with E-state index < -0.39 is 71.8 Å². The van der Waals surface area contributed by atoms with E-state index in [4.69, 9.17) is 21.1 Å². The highest BCUT2D eigenvalue weighted by Gasteiger charge is 2.46. The molecule has 6 unspecified atom stereocenters. The van der Waals surface area contributed by atoms with Gasteiger partial charge in [0.1, 0.15) is 24.4 Å². The lowest BCUT2D eigenvalue weighted by Gasteiger charge is -2.43. The van der Waals surface area contributed by atoms with Gasteiger partial charge in [-0.2, -0.15) is 0 Å². The fourth-order valence-electron chi connectivity index (χ4n) is 4.00. The third-order valence-corrected chi connectivity index (χ3v) is 6.15. The molecule has 1 aromatic rings. The summed E-state index contributed by atoms with van der Waals surface area (Å²) in [5.74, 6) is -3.84. The maximum atomic E-state index is 10.4. The molecule has 6 atom stereocenters. The van der Waals surface area contributed by atoms with E-state index in [9.17, 15) is 40.9 Å². The number of allylic oxidation sites excluding steroid dienone is 3. The molecule has 178 valence electrons. The number of aliphatic hydroxyl groups is 4. The first-order valence-corrected chi connectivity index (χ1v) is 10.5. The molecule has 1 aliphatic carbocycles. The van der Waals surface area contributed by atoms with Gasteiger partial charge in [-0.05, 0) is 18.9 Å². The summed E-state index contributed by atoms with van der Waals surface area (Å²) in [4.78, 5) is 0. The molecule has 0 radical (unpaired) electrons. The Kier molecular flexibility index (Phi) is 7.43. The SMILES string of the molecule is CCOc1c(O)c(O)c(CC2=CC(C3OC(CO)C(O)C(O)C3O)CC=C2Cl)c(O)c1O. The number of aromatic hydroxyl groups is 4. The fraction of sp³-hybridized carbons (Fsp3) is 0.524. The van der Waals surface area contributed by atoms with Crippen molar-refractivity contribution < 1.29 is 50.3 Å². The molecule has 0 amide bonds. The van der Waals surface area contributed by atoms with Crippen LogP contribution in [0.3, 0.4) is 0 Å². The first-order valence-electron chi connectivity index (χ1n) is 10.1. The number of benzene rings is 1. The molecular formula is C21H27ClO10. The van der Waals surface area contributed by atoms with Gasteiger partial charge in [0, 0.05) is 22.9 Å². The maximum absolute atomic E-state index is 10.4. The molecular weight excluding hydrogens is 448 g/mol. The van der Waals surface area contributed by atoms with Crippen LogP contribution in [0.15, 0.2) is 22.8 Å². The highest BCUT2D eigenvalue weighted by molar-refractivity contribution is 6.32. The molecule has 1 saturated heterocycles. The summed E-state index contributed by atoms with van der Waals surface area (Å²) in [6.07, 6.45) is -3.17. The van der Waals surface area contributed by atoms with Crippen molar-refractivity contribution in [3.8, 4) is 28.7 Å². The van der Waals surface area contributed by atoms with Crippen LogP contribution in [-0.4, -0.2) is 84.6 Å². The third kappa shape index (κ3) is 4.34. The van der Waals surface area contributed by atoms with Gasteiger partial charge in [0.15, 0.2) is 11.5 Å². The summed E-state index contributed by atoms with van der Waals surface area (Å²) in [5.41, 5.74) is 0.184. The van der Waals surface area contributed by atoms with Gasteiger partial charge >= 0.3 is 0 Å². The van der Waals surface area contributed by atoms with Gasteiger partial charge in [-0.3, -0.25) is 0 Å². The van der Waals surface area contributed by atoms with Crippen LogP contribution in [0.5, 0.6) is 28.7 Å². The zero-order valence-electron chi connectivity index (χ0n) is 17.2. The molecule has 10 nitrogen and oxygen atoms in total. The number of rotatable bonds is 6. The first-order chi connectivity index (χ1) is 15.1. The molecule has 3 rings (SSSR count). The summed E-state index contributed by atoms with van der Waals surface area (Å²) in [6, 6.07) is 0. The molecule has 0 aromatic heterocycles. The Labute approximate surface area is 188 Å². The Hall–Kier alpha value is -2.21. The van der Waals surface area contributed by atoms with Crippen LogP contribution >= 0.6 is 11.6 Å². The molecule has 0 saturated carbocycles. The zero-order valence-corrected chi connectivity index (χ0v) is 18.0. The molecule has 1 aromatic carbocycles. The van der Waals surface area contributed by atoms with Gasteiger partial charge in [0.25, 0.3) is 0 Å². The predicted molar refractivity (Wildman–Crippen MR) is 112 cm³/mol. The lowest BCUT2D eigenvalue weighted by Crippen LogP contribution is -2.60. The Morgan fingerprint density at radius 2 is 1.62 bits per heavy atom. The molecule has 1 aliphatic heterocycles. The number of phenolic OH excluding ortho intramolecular Hbond substituents is 4. The van der Waals surface area contributed by atoms with E-state index in [0.717, 1.165) is 0 Å². The van der Waals surface area contributed by atoms with Crippen LogP contribution in [0, 0.1) is 5.92 Å². The number of halogens is 1. The van der Waals surface area contributed by atoms with Crippen molar-refractivity contribution in [2.24, 2.45) is 5.92 Å². The maximum Gasteiger partial charge on any atom is 0.211 e. The van der Waals surface area contributed by atoms with E-state index >= 15 is 0 Å². The molecule has 0 bridgehead atoms. The monoisotopic (exact) mass is 474 g/mol. The standard InChI is InChI=1S/C21H27ClO10/c1-2-31-21-17(28)13(24)10(14(25)18(21)29)6-9-5-8(3-4-11(9)22)20-19(30)16(27)15(26)12(7-23)32-20/h4-5,8,12,15-16,19-20,23-30H,2-3,6-7H2,1H3. The average Bonchev–Trinajstić information content (AvgIpc) is 2.78. The van der Waals surface area contributed by atoms with Gasteiger partial charge in [-0.25, -0.2) is 0 Å². The Morgan fingerprint density at radius 3 is 2.19 bits per heavy atom. The predicted octanol–water partition coefficient (Wildman–Crippen LogP) is 0.362. The minimum absolute atomic E-state index is 0.0693. The lowest BCUT2D eigenvalue weighted by atomic mass is 9.82. The summed E-state index contributed by atoms with van der Waals surface area (Å²) in [7, 11) is 0. The van der Waals surface area contributed by atoms with Crippen LogP contribution in [0.25, 0.3) is 0 Å². The summed E-state index contributed by atoms with van der Waals surface area (Å²) >= 11 is 6.29. The number of hydrogen-bond acceptors (Lipinski definition) is 10. The van der Waals surface area contributed by atoms with E-state index in [1.807, 2.05) is 0 Å². The minimum atomic E-state index is -1.53. The van der Waals surface area contributed by atoms with Crippen molar-refractivity contribution >= 4 is 11.6 Å². The molecule has 1 fully saturated rings. The van der Waals surface area contributed by atoms with Gasteiger partial charge in [-0.15, -0.1) is 0 Å². The average molecular weight is 475 g/mol. The van der Waals surface area contributed by atoms with E-state index in [1.165, 1.54) is 0 Å².